The molecule has 1 atom stereocenters. The quantitative estimate of drug-likeness (QED) is 0.644. The lowest BCUT2D eigenvalue weighted by Gasteiger charge is -2.24. The van der Waals surface area contributed by atoms with Crippen molar-refractivity contribution in [2.24, 2.45) is 0 Å². The summed E-state index contributed by atoms with van der Waals surface area (Å²) in [4.78, 5) is 37.0. The van der Waals surface area contributed by atoms with Gasteiger partial charge in [0.1, 0.15) is 0 Å². The fraction of sp³-hybridized carbons (Fsp3) is 0.286. The Morgan fingerprint density at radius 1 is 1.13 bits per heavy atom. The lowest BCUT2D eigenvalue weighted by molar-refractivity contribution is -0.137. The predicted molar refractivity (Wildman–Crippen MR) is 112 cm³/mol. The summed E-state index contributed by atoms with van der Waals surface area (Å²) in [6.07, 6.45) is -4.73. The van der Waals surface area contributed by atoms with Crippen LogP contribution in [0.2, 0.25) is 0 Å². The standard InChI is InChI=1S/C21H20F3N3O3S/c1-11-4-3-5-14(12(11)2)26-19(29)10-25-18(28)9-17-20(30)27-15-8-13(21(22,23)24)6-7-16(15)31-17/h3-8,17H,9-10H2,1-2H3,(H,25,28)(H,26,29)(H,27,30)/t17-/m0/s1. The summed E-state index contributed by atoms with van der Waals surface area (Å²) in [6.45, 7) is 3.52. The Balaban J connectivity index is 1.54. The predicted octanol–water partition coefficient (Wildman–Crippen LogP) is 3.88. The third kappa shape index (κ3) is 5.57. The summed E-state index contributed by atoms with van der Waals surface area (Å²) in [5, 5.41) is 6.79. The molecule has 1 aliphatic rings. The highest BCUT2D eigenvalue weighted by molar-refractivity contribution is 8.01. The summed E-state index contributed by atoms with van der Waals surface area (Å²) in [5.74, 6) is -1.49. The van der Waals surface area contributed by atoms with Gasteiger partial charge in [-0.2, -0.15) is 13.2 Å². The van der Waals surface area contributed by atoms with Crippen LogP contribution in [0, 0.1) is 13.8 Å². The molecule has 0 unspecified atom stereocenters. The van der Waals surface area contributed by atoms with E-state index in [1.54, 1.807) is 6.07 Å². The highest BCUT2D eigenvalue weighted by Gasteiger charge is 2.34. The first-order valence-corrected chi connectivity index (χ1v) is 10.2. The van der Waals surface area contributed by atoms with Gasteiger partial charge in [0.05, 0.1) is 23.0 Å². The first-order valence-electron chi connectivity index (χ1n) is 9.36. The SMILES string of the molecule is Cc1cccc(NC(=O)CNC(=O)C[C@@H]2Sc3ccc(C(F)(F)F)cc3NC2=O)c1C. The van der Waals surface area contributed by atoms with Crippen LogP contribution in [0.1, 0.15) is 23.1 Å². The maximum absolute atomic E-state index is 12.8. The maximum Gasteiger partial charge on any atom is 0.416 e. The van der Waals surface area contributed by atoms with Crippen molar-refractivity contribution >= 4 is 40.9 Å². The molecule has 6 nitrogen and oxygen atoms in total. The lowest BCUT2D eigenvalue weighted by Crippen LogP contribution is -2.38. The Morgan fingerprint density at radius 3 is 2.58 bits per heavy atom. The normalized spacial score (nSPS) is 15.6. The van der Waals surface area contributed by atoms with Gasteiger partial charge in [-0.3, -0.25) is 14.4 Å². The first kappa shape index (κ1) is 22.7. The molecule has 3 N–H and O–H groups in total. The maximum atomic E-state index is 12.8. The molecule has 1 heterocycles. The monoisotopic (exact) mass is 451 g/mol. The summed E-state index contributed by atoms with van der Waals surface area (Å²) in [6, 6.07) is 8.55. The summed E-state index contributed by atoms with van der Waals surface area (Å²) in [5.41, 5.74) is 1.79. The average molecular weight is 451 g/mol. The van der Waals surface area contributed by atoms with Gasteiger partial charge in [0.15, 0.2) is 0 Å². The molecule has 0 aliphatic carbocycles. The zero-order chi connectivity index (χ0) is 22.8. The second-order valence-corrected chi connectivity index (χ2v) is 8.33. The van der Waals surface area contributed by atoms with E-state index in [0.29, 0.717) is 10.6 Å². The van der Waals surface area contributed by atoms with Crippen LogP contribution in [0.25, 0.3) is 0 Å². The van der Waals surface area contributed by atoms with E-state index in [0.717, 1.165) is 35.0 Å². The second-order valence-electron chi connectivity index (χ2n) is 7.08. The molecular weight excluding hydrogens is 431 g/mol. The van der Waals surface area contributed by atoms with Gasteiger partial charge in [-0.15, -0.1) is 11.8 Å². The van der Waals surface area contributed by atoms with Crippen molar-refractivity contribution in [3.8, 4) is 0 Å². The Kier molecular flexibility index (Phi) is 6.59. The van der Waals surface area contributed by atoms with Crippen molar-refractivity contribution in [1.82, 2.24) is 5.32 Å². The Hall–Kier alpha value is -3.01. The number of halogens is 3. The number of fused-ring (bicyclic) bond motifs is 1. The van der Waals surface area contributed by atoms with Crippen LogP contribution in [0.4, 0.5) is 24.5 Å². The molecule has 1 aliphatic heterocycles. The number of aryl methyl sites for hydroxylation is 1. The topological polar surface area (TPSA) is 87.3 Å². The summed E-state index contributed by atoms with van der Waals surface area (Å²) in [7, 11) is 0. The van der Waals surface area contributed by atoms with E-state index in [9.17, 15) is 27.6 Å². The van der Waals surface area contributed by atoms with Crippen LogP contribution in [0.3, 0.4) is 0 Å². The Labute approximate surface area is 181 Å². The molecule has 31 heavy (non-hydrogen) atoms. The number of rotatable bonds is 5. The zero-order valence-corrected chi connectivity index (χ0v) is 17.5. The van der Waals surface area contributed by atoms with Crippen molar-refractivity contribution in [1.29, 1.82) is 0 Å². The first-order chi connectivity index (χ1) is 14.5. The molecule has 0 saturated carbocycles. The number of anilines is 2. The van der Waals surface area contributed by atoms with Gasteiger partial charge in [-0.1, -0.05) is 12.1 Å². The summed E-state index contributed by atoms with van der Waals surface area (Å²) >= 11 is 1.01. The Morgan fingerprint density at radius 2 is 1.87 bits per heavy atom. The van der Waals surface area contributed by atoms with Crippen LogP contribution in [0.15, 0.2) is 41.3 Å². The van der Waals surface area contributed by atoms with E-state index in [4.69, 9.17) is 0 Å². The van der Waals surface area contributed by atoms with E-state index < -0.39 is 34.7 Å². The van der Waals surface area contributed by atoms with Crippen LogP contribution < -0.4 is 16.0 Å². The number of hydrogen-bond acceptors (Lipinski definition) is 4. The van der Waals surface area contributed by atoms with Crippen molar-refractivity contribution in [2.75, 3.05) is 17.2 Å². The molecule has 2 aromatic carbocycles. The van der Waals surface area contributed by atoms with Crippen LogP contribution in [-0.2, 0) is 20.6 Å². The van der Waals surface area contributed by atoms with Crippen molar-refractivity contribution in [3.05, 3.63) is 53.1 Å². The van der Waals surface area contributed by atoms with Gasteiger partial charge in [0.25, 0.3) is 0 Å². The third-order valence-electron chi connectivity index (χ3n) is 4.82. The van der Waals surface area contributed by atoms with E-state index >= 15 is 0 Å². The highest BCUT2D eigenvalue weighted by atomic mass is 32.2. The highest BCUT2D eigenvalue weighted by Crippen LogP contribution is 2.40. The molecule has 0 radical (unpaired) electrons. The minimum atomic E-state index is -4.52. The number of amides is 3. The minimum Gasteiger partial charge on any atom is -0.347 e. The van der Waals surface area contributed by atoms with Crippen LogP contribution in [-0.4, -0.2) is 29.5 Å². The molecule has 0 bridgehead atoms. The molecule has 10 heteroatoms. The molecule has 0 fully saturated rings. The number of carbonyl (C=O) groups is 3. The number of benzene rings is 2. The third-order valence-corrected chi connectivity index (χ3v) is 6.10. The number of alkyl halides is 3. The van der Waals surface area contributed by atoms with Gasteiger partial charge in [-0.05, 0) is 49.2 Å². The van der Waals surface area contributed by atoms with Crippen LogP contribution >= 0.6 is 11.8 Å². The fourth-order valence-corrected chi connectivity index (χ4v) is 4.05. The van der Waals surface area contributed by atoms with E-state index in [2.05, 4.69) is 16.0 Å². The number of hydrogen-bond donors (Lipinski definition) is 3. The van der Waals surface area contributed by atoms with Crippen molar-refractivity contribution in [3.63, 3.8) is 0 Å². The molecule has 0 spiro atoms. The Bertz CT molecular complexity index is 1040. The molecule has 3 amide bonds. The van der Waals surface area contributed by atoms with E-state index in [1.165, 1.54) is 6.07 Å². The van der Waals surface area contributed by atoms with Crippen molar-refractivity contribution in [2.45, 2.75) is 36.6 Å². The minimum absolute atomic E-state index is 0.0642. The zero-order valence-electron chi connectivity index (χ0n) is 16.7. The van der Waals surface area contributed by atoms with Gasteiger partial charge in [0, 0.05) is 17.0 Å². The molecule has 0 saturated heterocycles. The van der Waals surface area contributed by atoms with Gasteiger partial charge < -0.3 is 16.0 Å². The molecule has 164 valence electrons. The van der Waals surface area contributed by atoms with Gasteiger partial charge >= 0.3 is 6.18 Å². The van der Waals surface area contributed by atoms with Gasteiger partial charge in [-0.25, -0.2) is 0 Å². The molecule has 0 aromatic heterocycles. The van der Waals surface area contributed by atoms with E-state index in [-0.39, 0.29) is 18.7 Å². The average Bonchev–Trinajstić information content (AvgIpc) is 2.69. The van der Waals surface area contributed by atoms with Crippen LogP contribution in [0.5, 0.6) is 0 Å². The molecular formula is C21H20F3N3O3S. The van der Waals surface area contributed by atoms with Crippen molar-refractivity contribution < 1.29 is 27.6 Å². The number of thioether (sulfide) groups is 1. The lowest BCUT2D eigenvalue weighted by atomic mass is 10.1. The molecule has 2 aromatic rings. The number of nitrogens with one attached hydrogen (secondary N) is 3. The molecule has 3 rings (SSSR count). The number of carbonyl (C=O) groups excluding carboxylic acids is 3. The largest absolute Gasteiger partial charge is 0.416 e. The van der Waals surface area contributed by atoms with Gasteiger partial charge in [0.2, 0.25) is 17.7 Å². The van der Waals surface area contributed by atoms with E-state index in [1.807, 2.05) is 26.0 Å². The summed E-state index contributed by atoms with van der Waals surface area (Å²) < 4.78 is 38.5. The fourth-order valence-electron chi connectivity index (χ4n) is 2.96. The smallest absolute Gasteiger partial charge is 0.347 e. The second kappa shape index (κ2) is 9.01.